The molecule has 0 N–H and O–H groups in total. The highest BCUT2D eigenvalue weighted by atomic mass is 16.6. The van der Waals surface area contributed by atoms with Crippen molar-refractivity contribution in [3.8, 4) is 22.6 Å². The molecule has 0 aliphatic carbocycles. The lowest BCUT2D eigenvalue weighted by Gasteiger charge is -2.15. The van der Waals surface area contributed by atoms with Gasteiger partial charge >= 0.3 is 11.9 Å². The fraction of sp³-hybridized carbons (Fsp3) is 0.227. The van der Waals surface area contributed by atoms with Gasteiger partial charge in [0.15, 0.2) is 5.76 Å². The van der Waals surface area contributed by atoms with E-state index in [0.717, 1.165) is 11.1 Å². The molecule has 0 saturated carbocycles. The Labute approximate surface area is 158 Å². The molecule has 5 nitrogen and oxygen atoms in total. The number of aryl methyl sites for hydroxylation is 1. The number of carbonyl (C=O) groups is 2. The molecular formula is C22H21NO4. The summed E-state index contributed by atoms with van der Waals surface area (Å²) >= 11 is 0. The van der Waals surface area contributed by atoms with E-state index in [9.17, 15) is 9.59 Å². The normalized spacial score (nSPS) is 11.3. The van der Waals surface area contributed by atoms with Crippen molar-refractivity contribution in [2.24, 2.45) is 5.41 Å². The van der Waals surface area contributed by atoms with Crippen molar-refractivity contribution in [1.29, 1.82) is 0 Å². The van der Waals surface area contributed by atoms with Gasteiger partial charge in [0.1, 0.15) is 5.69 Å². The first-order valence-corrected chi connectivity index (χ1v) is 8.65. The molecule has 0 amide bonds. The van der Waals surface area contributed by atoms with Crippen LogP contribution in [0.15, 0.2) is 59.1 Å². The second-order valence-electron chi connectivity index (χ2n) is 7.45. The molecule has 2 aromatic carbocycles. The third-order valence-corrected chi connectivity index (χ3v) is 4.06. The zero-order valence-electron chi connectivity index (χ0n) is 15.8. The molecule has 0 radical (unpaired) electrons. The van der Waals surface area contributed by atoms with Crippen LogP contribution in [0.4, 0.5) is 0 Å². The summed E-state index contributed by atoms with van der Waals surface area (Å²) in [6, 6.07) is 16.5. The van der Waals surface area contributed by atoms with E-state index in [4.69, 9.17) is 9.26 Å². The van der Waals surface area contributed by atoms with E-state index in [1.54, 1.807) is 45.0 Å². The van der Waals surface area contributed by atoms with Crippen LogP contribution in [-0.4, -0.2) is 17.1 Å². The first-order valence-electron chi connectivity index (χ1n) is 8.65. The van der Waals surface area contributed by atoms with Gasteiger partial charge in [-0.15, -0.1) is 0 Å². The predicted octanol–water partition coefficient (Wildman–Crippen LogP) is 5.05. The minimum atomic E-state index is -0.733. The third-order valence-electron chi connectivity index (χ3n) is 4.06. The summed E-state index contributed by atoms with van der Waals surface area (Å²) in [6.45, 7) is 7.11. The van der Waals surface area contributed by atoms with Gasteiger partial charge in [-0.3, -0.25) is 4.79 Å². The molecule has 0 spiro atoms. The summed E-state index contributed by atoms with van der Waals surface area (Å²) in [5, 5.41) is 4.10. The van der Waals surface area contributed by atoms with Crippen molar-refractivity contribution in [2.75, 3.05) is 0 Å². The molecular weight excluding hydrogens is 342 g/mol. The van der Waals surface area contributed by atoms with Gasteiger partial charge in [0.25, 0.3) is 0 Å². The second-order valence-corrected chi connectivity index (χ2v) is 7.45. The minimum Gasteiger partial charge on any atom is -0.389 e. The molecule has 3 aromatic rings. The van der Waals surface area contributed by atoms with Crippen LogP contribution < -0.4 is 0 Å². The zero-order chi connectivity index (χ0) is 19.6. The van der Waals surface area contributed by atoms with E-state index in [0.29, 0.717) is 17.0 Å². The van der Waals surface area contributed by atoms with Gasteiger partial charge < -0.3 is 9.26 Å². The lowest BCUT2D eigenvalue weighted by atomic mass is 9.97. The molecule has 5 heteroatoms. The second kappa shape index (κ2) is 7.19. The highest BCUT2D eigenvalue weighted by Gasteiger charge is 2.26. The van der Waals surface area contributed by atoms with Gasteiger partial charge in [-0.25, -0.2) is 4.79 Å². The van der Waals surface area contributed by atoms with Crippen LogP contribution in [0, 0.1) is 12.3 Å². The van der Waals surface area contributed by atoms with Crippen molar-refractivity contribution < 1.29 is 18.8 Å². The van der Waals surface area contributed by atoms with Crippen LogP contribution in [0.3, 0.4) is 0 Å². The fourth-order valence-electron chi connectivity index (χ4n) is 2.34. The van der Waals surface area contributed by atoms with Crippen LogP contribution in [-0.2, 0) is 9.53 Å². The average molecular weight is 363 g/mol. The average Bonchev–Trinajstić information content (AvgIpc) is 3.11. The van der Waals surface area contributed by atoms with Crippen LogP contribution in [0.1, 0.15) is 36.7 Å². The molecule has 0 aliphatic rings. The Balaban J connectivity index is 1.75. The van der Waals surface area contributed by atoms with Crippen molar-refractivity contribution in [3.05, 3.63) is 65.7 Å². The van der Waals surface area contributed by atoms with E-state index in [1.165, 1.54) is 5.56 Å². The number of nitrogens with zero attached hydrogens (tertiary/aromatic N) is 1. The molecule has 138 valence electrons. The molecule has 1 aromatic heterocycles. The molecule has 0 aliphatic heterocycles. The maximum Gasteiger partial charge on any atom is 0.345 e. The van der Waals surface area contributed by atoms with Crippen molar-refractivity contribution in [3.63, 3.8) is 0 Å². The third kappa shape index (κ3) is 4.31. The quantitative estimate of drug-likeness (QED) is 0.481. The minimum absolute atomic E-state index is 0.304. The lowest BCUT2D eigenvalue weighted by Crippen LogP contribution is -2.25. The van der Waals surface area contributed by atoms with E-state index >= 15 is 0 Å². The van der Waals surface area contributed by atoms with Gasteiger partial charge in [0, 0.05) is 17.2 Å². The highest BCUT2D eigenvalue weighted by molar-refractivity contribution is 5.98. The molecule has 27 heavy (non-hydrogen) atoms. The van der Waals surface area contributed by atoms with Crippen LogP contribution in [0.2, 0.25) is 0 Å². The van der Waals surface area contributed by atoms with E-state index in [2.05, 4.69) is 5.16 Å². The number of hydrogen-bond donors (Lipinski definition) is 0. The topological polar surface area (TPSA) is 69.4 Å². The van der Waals surface area contributed by atoms with E-state index in [1.807, 2.05) is 37.3 Å². The molecule has 0 bridgehead atoms. The number of benzene rings is 2. The Morgan fingerprint density at radius 1 is 0.926 bits per heavy atom. The zero-order valence-corrected chi connectivity index (χ0v) is 15.8. The lowest BCUT2D eigenvalue weighted by molar-refractivity contribution is -0.146. The molecule has 3 rings (SSSR count). The smallest absolute Gasteiger partial charge is 0.345 e. The monoisotopic (exact) mass is 363 g/mol. The molecule has 0 unspecified atom stereocenters. The van der Waals surface area contributed by atoms with Gasteiger partial charge in [-0.2, -0.15) is 0 Å². The van der Waals surface area contributed by atoms with Crippen molar-refractivity contribution >= 4 is 11.9 Å². The first-order chi connectivity index (χ1) is 12.7. The predicted molar refractivity (Wildman–Crippen MR) is 102 cm³/mol. The Kier molecular flexibility index (Phi) is 4.95. The molecule has 0 saturated heterocycles. The number of ether oxygens (including phenoxy) is 1. The number of aromatic nitrogens is 1. The Bertz CT molecular complexity index is 961. The van der Waals surface area contributed by atoms with Crippen LogP contribution in [0.25, 0.3) is 22.6 Å². The summed E-state index contributed by atoms with van der Waals surface area (Å²) < 4.78 is 10.3. The number of esters is 2. The fourth-order valence-corrected chi connectivity index (χ4v) is 2.34. The summed E-state index contributed by atoms with van der Waals surface area (Å²) in [6.07, 6.45) is 0. The van der Waals surface area contributed by atoms with Gasteiger partial charge in [-0.1, -0.05) is 47.1 Å². The van der Waals surface area contributed by atoms with E-state index < -0.39 is 17.4 Å². The number of hydrogen-bond acceptors (Lipinski definition) is 5. The highest BCUT2D eigenvalue weighted by Crippen LogP contribution is 2.26. The number of carbonyl (C=O) groups excluding carboxylic acids is 2. The Morgan fingerprint density at radius 2 is 1.52 bits per heavy atom. The standard InChI is InChI=1S/C22H21NO4/c1-14-5-7-16(8-6-14)19-13-18(23-27-19)15-9-11-17(12-10-15)20(24)26-21(25)22(2,3)4/h5-13H,1-4H3. The first kappa shape index (κ1) is 18.6. The maximum absolute atomic E-state index is 12.1. The summed E-state index contributed by atoms with van der Waals surface area (Å²) in [5.41, 5.74) is 3.15. The van der Waals surface area contributed by atoms with Crippen molar-refractivity contribution in [2.45, 2.75) is 27.7 Å². The summed E-state index contributed by atoms with van der Waals surface area (Å²) in [4.78, 5) is 23.9. The summed E-state index contributed by atoms with van der Waals surface area (Å²) in [7, 11) is 0. The largest absolute Gasteiger partial charge is 0.389 e. The SMILES string of the molecule is Cc1ccc(-c2cc(-c3ccc(C(=O)OC(=O)C(C)(C)C)cc3)no2)cc1. The molecule has 0 atom stereocenters. The van der Waals surface area contributed by atoms with Gasteiger partial charge in [-0.05, 0) is 39.8 Å². The Morgan fingerprint density at radius 3 is 2.11 bits per heavy atom. The van der Waals surface area contributed by atoms with E-state index in [-0.39, 0.29) is 0 Å². The Hall–Kier alpha value is -3.21. The van der Waals surface area contributed by atoms with Gasteiger partial charge in [0.2, 0.25) is 0 Å². The molecule has 1 heterocycles. The molecule has 0 fully saturated rings. The van der Waals surface area contributed by atoms with Crippen LogP contribution in [0.5, 0.6) is 0 Å². The maximum atomic E-state index is 12.1. The number of rotatable bonds is 3. The summed E-state index contributed by atoms with van der Waals surface area (Å²) in [5.74, 6) is -0.554. The van der Waals surface area contributed by atoms with Crippen molar-refractivity contribution in [1.82, 2.24) is 5.16 Å². The van der Waals surface area contributed by atoms with Gasteiger partial charge in [0.05, 0.1) is 11.0 Å². The van der Waals surface area contributed by atoms with Crippen LogP contribution >= 0.6 is 0 Å².